The summed E-state index contributed by atoms with van der Waals surface area (Å²) in [6.07, 6.45) is 1.19. The molecule has 0 aliphatic carbocycles. The van der Waals surface area contributed by atoms with E-state index in [0.29, 0.717) is 17.1 Å². The molecule has 0 aliphatic rings. The van der Waals surface area contributed by atoms with Gasteiger partial charge in [-0.05, 0) is 41.5 Å². The molecule has 0 radical (unpaired) electrons. The topological polar surface area (TPSA) is 107 Å². The Morgan fingerprint density at radius 3 is 2.06 bits per heavy atom. The van der Waals surface area contributed by atoms with Crippen molar-refractivity contribution in [3.05, 3.63) is 53.4 Å². The Kier molecular flexibility index (Phi) is 8.23. The quantitative estimate of drug-likeness (QED) is 0.206. The standard InChI is InChI=1S/C24H30N2O6/c1-7-30-21(27)17(22(28)31-8-2)14-25-20-18(23(29)32-24(4,5)6)15(3)26-19(20)16-12-10-9-11-13-16/h9-14,25-26H,7-8H2,1-6H3. The molecule has 32 heavy (non-hydrogen) atoms. The Labute approximate surface area is 187 Å². The Balaban J connectivity index is 2.59. The number of hydrogen-bond acceptors (Lipinski definition) is 7. The van der Waals surface area contributed by atoms with Crippen LogP contribution in [-0.4, -0.2) is 41.7 Å². The van der Waals surface area contributed by atoms with E-state index < -0.39 is 23.5 Å². The number of carbonyl (C=O) groups excluding carboxylic acids is 3. The van der Waals surface area contributed by atoms with E-state index in [4.69, 9.17) is 14.2 Å². The van der Waals surface area contributed by atoms with Gasteiger partial charge in [0.05, 0.1) is 24.6 Å². The van der Waals surface area contributed by atoms with E-state index in [0.717, 1.165) is 5.56 Å². The van der Waals surface area contributed by atoms with E-state index in [2.05, 4.69) is 10.3 Å². The number of anilines is 1. The Hall–Kier alpha value is -3.55. The predicted octanol–water partition coefficient (Wildman–Crippen LogP) is 4.37. The van der Waals surface area contributed by atoms with Crippen molar-refractivity contribution >= 4 is 23.6 Å². The molecule has 0 saturated heterocycles. The van der Waals surface area contributed by atoms with Gasteiger partial charge in [-0.1, -0.05) is 30.3 Å². The largest absolute Gasteiger partial charge is 0.462 e. The molecule has 1 heterocycles. The molecule has 8 nitrogen and oxygen atoms in total. The van der Waals surface area contributed by atoms with Crippen LogP contribution in [0.1, 0.15) is 50.7 Å². The van der Waals surface area contributed by atoms with Crippen molar-refractivity contribution in [2.45, 2.75) is 47.1 Å². The zero-order valence-corrected chi connectivity index (χ0v) is 19.3. The zero-order chi connectivity index (χ0) is 23.9. The van der Waals surface area contributed by atoms with Crippen molar-refractivity contribution in [3.8, 4) is 11.3 Å². The van der Waals surface area contributed by atoms with Gasteiger partial charge in [-0.2, -0.15) is 0 Å². The highest BCUT2D eigenvalue weighted by Crippen LogP contribution is 2.34. The number of carbonyl (C=O) groups is 3. The number of ether oxygens (including phenoxy) is 3. The van der Waals surface area contributed by atoms with Crippen LogP contribution >= 0.6 is 0 Å². The maximum absolute atomic E-state index is 13.0. The first-order chi connectivity index (χ1) is 15.1. The van der Waals surface area contributed by atoms with Gasteiger partial charge in [-0.25, -0.2) is 14.4 Å². The molecule has 2 rings (SSSR count). The van der Waals surface area contributed by atoms with E-state index in [1.807, 2.05) is 30.3 Å². The smallest absolute Gasteiger partial charge is 0.347 e. The number of rotatable bonds is 8. The monoisotopic (exact) mass is 442 g/mol. The average molecular weight is 443 g/mol. The molecule has 0 fully saturated rings. The summed E-state index contributed by atoms with van der Waals surface area (Å²) in [7, 11) is 0. The first kappa shape index (κ1) is 24.7. The molecule has 0 spiro atoms. The summed E-state index contributed by atoms with van der Waals surface area (Å²) in [6, 6.07) is 9.34. The van der Waals surface area contributed by atoms with Gasteiger partial charge < -0.3 is 24.5 Å². The third kappa shape index (κ3) is 6.23. The second-order valence-electron chi connectivity index (χ2n) is 7.89. The summed E-state index contributed by atoms with van der Waals surface area (Å²) in [6.45, 7) is 10.5. The summed E-state index contributed by atoms with van der Waals surface area (Å²) in [5, 5.41) is 2.95. The highest BCUT2D eigenvalue weighted by Gasteiger charge is 2.27. The summed E-state index contributed by atoms with van der Waals surface area (Å²) >= 11 is 0. The number of aromatic nitrogens is 1. The number of nitrogens with one attached hydrogen (secondary N) is 2. The lowest BCUT2D eigenvalue weighted by atomic mass is 10.1. The van der Waals surface area contributed by atoms with Gasteiger partial charge in [0.15, 0.2) is 5.57 Å². The van der Waals surface area contributed by atoms with Crippen LogP contribution in [0.4, 0.5) is 5.69 Å². The van der Waals surface area contributed by atoms with E-state index in [1.54, 1.807) is 41.5 Å². The molecule has 2 N–H and O–H groups in total. The molecular formula is C24H30N2O6. The van der Waals surface area contributed by atoms with E-state index >= 15 is 0 Å². The fourth-order valence-corrected chi connectivity index (χ4v) is 2.94. The molecule has 2 aromatic rings. The summed E-state index contributed by atoms with van der Waals surface area (Å²) in [5.74, 6) is -2.20. The van der Waals surface area contributed by atoms with Crippen LogP contribution in [-0.2, 0) is 23.8 Å². The molecule has 8 heteroatoms. The number of benzene rings is 1. The molecule has 0 bridgehead atoms. The molecule has 1 aromatic carbocycles. The summed E-state index contributed by atoms with van der Waals surface area (Å²) < 4.78 is 15.5. The van der Waals surface area contributed by atoms with E-state index in [9.17, 15) is 14.4 Å². The predicted molar refractivity (Wildman–Crippen MR) is 121 cm³/mol. The Morgan fingerprint density at radius 1 is 1.00 bits per heavy atom. The molecule has 0 saturated carbocycles. The lowest BCUT2D eigenvalue weighted by Crippen LogP contribution is -2.24. The van der Waals surface area contributed by atoms with Crippen LogP contribution in [0.2, 0.25) is 0 Å². The summed E-state index contributed by atoms with van der Waals surface area (Å²) in [4.78, 5) is 40.8. The number of H-pyrrole nitrogens is 1. The van der Waals surface area contributed by atoms with Gasteiger partial charge in [0.25, 0.3) is 0 Å². The lowest BCUT2D eigenvalue weighted by molar-refractivity contribution is -0.146. The second-order valence-corrected chi connectivity index (χ2v) is 7.89. The molecule has 1 aromatic heterocycles. The van der Waals surface area contributed by atoms with Gasteiger partial charge in [-0.3, -0.25) is 0 Å². The molecule has 0 aliphatic heterocycles. The third-order valence-electron chi connectivity index (χ3n) is 4.20. The van der Waals surface area contributed by atoms with Crippen molar-refractivity contribution in [2.75, 3.05) is 18.5 Å². The van der Waals surface area contributed by atoms with Crippen molar-refractivity contribution in [3.63, 3.8) is 0 Å². The normalized spacial score (nSPS) is 10.8. The van der Waals surface area contributed by atoms with Gasteiger partial charge in [0, 0.05) is 17.5 Å². The lowest BCUT2D eigenvalue weighted by Gasteiger charge is -2.20. The molecule has 0 unspecified atom stereocenters. The van der Waals surface area contributed by atoms with Crippen LogP contribution in [0, 0.1) is 6.92 Å². The van der Waals surface area contributed by atoms with E-state index in [1.165, 1.54) is 6.20 Å². The number of hydrogen-bond donors (Lipinski definition) is 2. The molecular weight excluding hydrogens is 412 g/mol. The number of aromatic amines is 1. The Morgan fingerprint density at radius 2 is 1.56 bits per heavy atom. The van der Waals surface area contributed by atoms with Crippen LogP contribution in [0.3, 0.4) is 0 Å². The third-order valence-corrected chi connectivity index (χ3v) is 4.20. The molecule has 0 atom stereocenters. The highest BCUT2D eigenvalue weighted by atomic mass is 16.6. The molecule has 172 valence electrons. The van der Waals surface area contributed by atoms with Gasteiger partial charge in [0.1, 0.15) is 11.2 Å². The van der Waals surface area contributed by atoms with E-state index in [-0.39, 0.29) is 24.4 Å². The van der Waals surface area contributed by atoms with Crippen LogP contribution in [0.5, 0.6) is 0 Å². The van der Waals surface area contributed by atoms with Crippen molar-refractivity contribution in [1.82, 2.24) is 4.98 Å². The maximum Gasteiger partial charge on any atom is 0.347 e. The highest BCUT2D eigenvalue weighted by molar-refractivity contribution is 6.14. The fourth-order valence-electron chi connectivity index (χ4n) is 2.94. The van der Waals surface area contributed by atoms with Gasteiger partial charge >= 0.3 is 17.9 Å². The number of aryl methyl sites for hydroxylation is 1. The van der Waals surface area contributed by atoms with Crippen LogP contribution < -0.4 is 5.32 Å². The van der Waals surface area contributed by atoms with Crippen molar-refractivity contribution < 1.29 is 28.6 Å². The zero-order valence-electron chi connectivity index (χ0n) is 19.3. The maximum atomic E-state index is 13.0. The first-order valence-corrected chi connectivity index (χ1v) is 10.4. The van der Waals surface area contributed by atoms with Crippen molar-refractivity contribution in [1.29, 1.82) is 0 Å². The minimum Gasteiger partial charge on any atom is -0.462 e. The SMILES string of the molecule is CCOC(=O)C(=CNc1c(-c2ccccc2)[nH]c(C)c1C(=O)OC(C)(C)C)C(=O)OCC. The average Bonchev–Trinajstić information content (AvgIpc) is 3.04. The number of esters is 3. The minimum absolute atomic E-state index is 0.0945. The minimum atomic E-state index is -0.828. The van der Waals surface area contributed by atoms with Gasteiger partial charge in [-0.15, -0.1) is 0 Å². The van der Waals surface area contributed by atoms with Crippen LogP contribution in [0.25, 0.3) is 11.3 Å². The second kappa shape index (κ2) is 10.7. The summed E-state index contributed by atoms with van der Waals surface area (Å²) in [5.41, 5.74) is 1.59. The first-order valence-electron chi connectivity index (χ1n) is 10.4. The van der Waals surface area contributed by atoms with Crippen molar-refractivity contribution in [2.24, 2.45) is 0 Å². The van der Waals surface area contributed by atoms with Crippen LogP contribution in [0.15, 0.2) is 42.1 Å². The molecule has 0 amide bonds. The fraction of sp³-hybridized carbons (Fsp3) is 0.375. The van der Waals surface area contributed by atoms with Gasteiger partial charge in [0.2, 0.25) is 0 Å². The Bertz CT molecular complexity index is 979.